The number of aliphatic hydroxyl groups is 1. The molecule has 1 aliphatic carbocycles. The van der Waals surface area contributed by atoms with E-state index >= 15 is 0 Å². The fourth-order valence-corrected chi connectivity index (χ4v) is 3.44. The summed E-state index contributed by atoms with van der Waals surface area (Å²) in [5.41, 5.74) is 2.32. The average Bonchev–Trinajstić information content (AvgIpc) is 2.97. The lowest BCUT2D eigenvalue weighted by Gasteiger charge is -2.33. The van der Waals surface area contributed by atoms with E-state index in [2.05, 4.69) is 30.1 Å². The average molecular weight is 311 g/mol. The largest absolute Gasteiger partial charge is 0.395 e. The number of aliphatic hydroxyl groups excluding tert-OH is 1. The van der Waals surface area contributed by atoms with Crippen molar-refractivity contribution in [2.75, 3.05) is 18.1 Å². The van der Waals surface area contributed by atoms with Crippen LogP contribution in [0.4, 0.5) is 5.69 Å². The number of anilines is 1. The fraction of sp³-hybridized carbons (Fsp3) is 0.647. The molecule has 0 spiro atoms. The number of nitrogens with one attached hydrogen (secondary N) is 1. The molecular weight excluding hydrogens is 284 g/mol. The Morgan fingerprint density at radius 3 is 2.67 bits per heavy atom. The maximum atomic E-state index is 9.46. The molecule has 2 N–H and O–H groups in total. The number of hydrogen-bond acceptors (Lipinski definition) is 3. The number of nitrogens with zero attached hydrogens (tertiary/aromatic N) is 1. The quantitative estimate of drug-likeness (QED) is 0.808. The summed E-state index contributed by atoms with van der Waals surface area (Å²) in [6.45, 7) is 5.92. The minimum absolute atomic E-state index is 0.165. The molecule has 0 bridgehead atoms. The summed E-state index contributed by atoms with van der Waals surface area (Å²) in [6, 6.07) is 7.05. The number of benzene rings is 1. The van der Waals surface area contributed by atoms with Crippen molar-refractivity contribution in [2.24, 2.45) is 0 Å². The van der Waals surface area contributed by atoms with Crippen LogP contribution in [0, 0.1) is 0 Å². The Morgan fingerprint density at radius 2 is 2.05 bits per heavy atom. The molecule has 0 aliphatic heterocycles. The maximum Gasteiger partial charge on any atom is 0.0643 e. The first-order valence-electron chi connectivity index (χ1n) is 8.01. The molecule has 1 aromatic carbocycles. The molecule has 0 atom stereocenters. The summed E-state index contributed by atoms with van der Waals surface area (Å²) in [5, 5.41) is 13.7. The maximum absolute atomic E-state index is 9.46. The van der Waals surface area contributed by atoms with E-state index in [9.17, 15) is 5.11 Å². The summed E-state index contributed by atoms with van der Waals surface area (Å²) in [7, 11) is 0. The van der Waals surface area contributed by atoms with Crippen molar-refractivity contribution in [1.29, 1.82) is 0 Å². The number of para-hydroxylation sites is 1. The Bertz CT molecular complexity index is 444. The van der Waals surface area contributed by atoms with E-state index in [1.165, 1.54) is 31.2 Å². The summed E-state index contributed by atoms with van der Waals surface area (Å²) in [6.07, 6.45) is 4.94. The molecule has 0 aromatic heterocycles. The van der Waals surface area contributed by atoms with E-state index in [-0.39, 0.29) is 6.61 Å². The third kappa shape index (κ3) is 4.35. The zero-order chi connectivity index (χ0) is 15.2. The summed E-state index contributed by atoms with van der Waals surface area (Å²) >= 11 is 6.50. The van der Waals surface area contributed by atoms with Gasteiger partial charge in [-0.1, -0.05) is 50.4 Å². The second kappa shape index (κ2) is 8.02. The molecule has 0 amide bonds. The number of halogens is 1. The second-order valence-electron chi connectivity index (χ2n) is 6.14. The number of hydrogen-bond donors (Lipinski definition) is 2. The van der Waals surface area contributed by atoms with Crippen LogP contribution >= 0.6 is 11.6 Å². The van der Waals surface area contributed by atoms with Crippen LogP contribution in [-0.2, 0) is 6.54 Å². The molecule has 0 radical (unpaired) electrons. The SMILES string of the molecule is CC(C)NCc1cccc(Cl)c1N(CCO)C1CCCC1. The molecule has 1 aromatic rings. The minimum Gasteiger partial charge on any atom is -0.395 e. The normalized spacial score (nSPS) is 15.9. The van der Waals surface area contributed by atoms with E-state index in [4.69, 9.17) is 11.6 Å². The predicted octanol–water partition coefficient (Wildman–Crippen LogP) is 3.58. The predicted molar refractivity (Wildman–Crippen MR) is 90.1 cm³/mol. The Kier molecular flexibility index (Phi) is 6.34. The van der Waals surface area contributed by atoms with Gasteiger partial charge >= 0.3 is 0 Å². The van der Waals surface area contributed by atoms with E-state index in [0.29, 0.717) is 18.6 Å². The van der Waals surface area contributed by atoms with Gasteiger partial charge in [0.05, 0.1) is 17.3 Å². The van der Waals surface area contributed by atoms with E-state index < -0.39 is 0 Å². The van der Waals surface area contributed by atoms with Crippen LogP contribution in [0.3, 0.4) is 0 Å². The highest BCUT2D eigenvalue weighted by Gasteiger charge is 2.25. The van der Waals surface area contributed by atoms with Gasteiger partial charge in [-0.25, -0.2) is 0 Å². The standard InChI is InChI=1S/C17H27ClN2O/c1-13(2)19-12-14-6-5-9-16(18)17(14)20(10-11-21)15-7-3-4-8-15/h5-6,9,13,15,19,21H,3-4,7-8,10-12H2,1-2H3. The summed E-state index contributed by atoms with van der Waals surface area (Å²) in [4.78, 5) is 2.33. The first kappa shape index (κ1) is 16.6. The molecule has 0 unspecified atom stereocenters. The summed E-state index contributed by atoms with van der Waals surface area (Å²) in [5.74, 6) is 0. The van der Waals surface area contributed by atoms with Gasteiger partial charge < -0.3 is 15.3 Å². The van der Waals surface area contributed by atoms with E-state index in [0.717, 1.165) is 17.3 Å². The van der Waals surface area contributed by atoms with Crippen LogP contribution < -0.4 is 10.2 Å². The highest BCUT2D eigenvalue weighted by molar-refractivity contribution is 6.33. The fourth-order valence-electron chi connectivity index (χ4n) is 3.14. The van der Waals surface area contributed by atoms with Gasteiger partial charge in [0.25, 0.3) is 0 Å². The highest BCUT2D eigenvalue weighted by atomic mass is 35.5. The first-order chi connectivity index (χ1) is 10.1. The van der Waals surface area contributed by atoms with Crippen LogP contribution in [0.2, 0.25) is 5.02 Å². The van der Waals surface area contributed by atoms with Gasteiger partial charge in [-0.3, -0.25) is 0 Å². The lowest BCUT2D eigenvalue weighted by Crippen LogP contribution is -2.37. The molecule has 118 valence electrons. The lowest BCUT2D eigenvalue weighted by molar-refractivity contribution is 0.297. The molecule has 1 aliphatic rings. The third-order valence-corrected chi connectivity index (χ3v) is 4.47. The Morgan fingerprint density at radius 1 is 1.33 bits per heavy atom. The van der Waals surface area contributed by atoms with Crippen LogP contribution in [0.25, 0.3) is 0 Å². The van der Waals surface area contributed by atoms with Crippen LogP contribution in [0.5, 0.6) is 0 Å². The van der Waals surface area contributed by atoms with Gasteiger partial charge in [0, 0.05) is 25.2 Å². The van der Waals surface area contributed by atoms with Crippen molar-refractivity contribution < 1.29 is 5.11 Å². The monoisotopic (exact) mass is 310 g/mol. The van der Waals surface area contributed by atoms with Crippen molar-refractivity contribution in [3.05, 3.63) is 28.8 Å². The van der Waals surface area contributed by atoms with E-state index in [1.807, 2.05) is 12.1 Å². The Labute approximate surface area is 133 Å². The molecule has 1 saturated carbocycles. The molecule has 4 heteroatoms. The van der Waals surface area contributed by atoms with E-state index in [1.54, 1.807) is 0 Å². The third-order valence-electron chi connectivity index (χ3n) is 4.16. The molecule has 0 heterocycles. The lowest BCUT2D eigenvalue weighted by atomic mass is 10.1. The van der Waals surface area contributed by atoms with Crippen molar-refractivity contribution in [2.45, 2.75) is 58.2 Å². The molecule has 3 nitrogen and oxygen atoms in total. The van der Waals surface area contributed by atoms with Crippen LogP contribution in [0.1, 0.15) is 45.1 Å². The smallest absolute Gasteiger partial charge is 0.0643 e. The minimum atomic E-state index is 0.165. The second-order valence-corrected chi connectivity index (χ2v) is 6.55. The zero-order valence-corrected chi connectivity index (χ0v) is 13.9. The summed E-state index contributed by atoms with van der Waals surface area (Å²) < 4.78 is 0. The van der Waals surface area contributed by atoms with Crippen LogP contribution in [0.15, 0.2) is 18.2 Å². The number of rotatable bonds is 7. The topological polar surface area (TPSA) is 35.5 Å². The van der Waals surface area contributed by atoms with Crippen molar-refractivity contribution in [3.63, 3.8) is 0 Å². The van der Waals surface area contributed by atoms with Crippen molar-refractivity contribution in [3.8, 4) is 0 Å². The molecule has 1 fully saturated rings. The van der Waals surface area contributed by atoms with Gasteiger partial charge in [-0.05, 0) is 24.5 Å². The van der Waals surface area contributed by atoms with Crippen molar-refractivity contribution >= 4 is 17.3 Å². The van der Waals surface area contributed by atoms with Gasteiger partial charge in [-0.2, -0.15) is 0 Å². The van der Waals surface area contributed by atoms with Crippen LogP contribution in [-0.4, -0.2) is 30.3 Å². The first-order valence-corrected chi connectivity index (χ1v) is 8.39. The molecule has 0 saturated heterocycles. The van der Waals surface area contributed by atoms with Gasteiger partial charge in [0.2, 0.25) is 0 Å². The molecular formula is C17H27ClN2O. The van der Waals surface area contributed by atoms with Gasteiger partial charge in [-0.15, -0.1) is 0 Å². The Balaban J connectivity index is 2.28. The van der Waals surface area contributed by atoms with Crippen molar-refractivity contribution in [1.82, 2.24) is 5.32 Å². The van der Waals surface area contributed by atoms with Gasteiger partial charge in [0.1, 0.15) is 0 Å². The van der Waals surface area contributed by atoms with Gasteiger partial charge in [0.15, 0.2) is 0 Å². The zero-order valence-electron chi connectivity index (χ0n) is 13.1. The molecule has 2 rings (SSSR count). The molecule has 21 heavy (non-hydrogen) atoms. The Hall–Kier alpha value is -0.770. The highest BCUT2D eigenvalue weighted by Crippen LogP contribution is 2.35.